The maximum Gasteiger partial charge on any atom is 0.147 e. The van der Waals surface area contributed by atoms with Gasteiger partial charge in [0.15, 0.2) is 0 Å². The fraction of sp³-hybridized carbons (Fsp3) is 0.455. The summed E-state index contributed by atoms with van der Waals surface area (Å²) in [5.74, 6) is 0.950. The summed E-state index contributed by atoms with van der Waals surface area (Å²) in [4.78, 5) is 1.20. The van der Waals surface area contributed by atoms with Gasteiger partial charge >= 0.3 is 0 Å². The fourth-order valence-corrected chi connectivity index (χ4v) is 3.18. The zero-order valence-electron chi connectivity index (χ0n) is 8.82. The average Bonchev–Trinajstić information content (AvgIpc) is 2.29. The Morgan fingerprint density at radius 1 is 1.50 bits per heavy atom. The Balaban J connectivity index is 1.88. The molecule has 0 aliphatic carbocycles. The van der Waals surface area contributed by atoms with Gasteiger partial charge in [-0.2, -0.15) is 0 Å². The summed E-state index contributed by atoms with van der Waals surface area (Å²) in [7, 11) is 0. The summed E-state index contributed by atoms with van der Waals surface area (Å²) < 4.78 is 11.7. The Morgan fingerprint density at radius 2 is 2.38 bits per heavy atom. The molecule has 1 heterocycles. The number of halogens is 1. The van der Waals surface area contributed by atoms with Gasteiger partial charge in [-0.25, -0.2) is 0 Å². The van der Waals surface area contributed by atoms with Crippen molar-refractivity contribution in [1.82, 2.24) is 0 Å². The molecule has 0 saturated carbocycles. The zero-order chi connectivity index (χ0) is 11.4. The highest BCUT2D eigenvalue weighted by atomic mass is 79.9. The largest absolute Gasteiger partial charge is 0.399 e. The first-order valence-electron chi connectivity index (χ1n) is 5.13. The van der Waals surface area contributed by atoms with Crippen molar-refractivity contribution in [2.24, 2.45) is 0 Å². The lowest BCUT2D eigenvalue weighted by Crippen LogP contribution is -2.25. The number of hydrogen-bond acceptors (Lipinski definition) is 4. The number of nitrogen functional groups attached to an aromatic ring is 1. The van der Waals surface area contributed by atoms with Gasteiger partial charge < -0.3 is 15.2 Å². The van der Waals surface area contributed by atoms with Gasteiger partial charge in [0.1, 0.15) is 6.79 Å². The van der Waals surface area contributed by atoms with Crippen LogP contribution in [0.5, 0.6) is 0 Å². The molecule has 3 nitrogen and oxygen atoms in total. The van der Waals surface area contributed by atoms with Crippen LogP contribution in [0.3, 0.4) is 0 Å². The fourth-order valence-electron chi connectivity index (χ4n) is 1.45. The number of ether oxygens (including phenoxy) is 2. The number of hydrogen-bond donors (Lipinski definition) is 1. The topological polar surface area (TPSA) is 44.5 Å². The first-order chi connectivity index (χ1) is 7.75. The molecule has 1 aliphatic rings. The first-order valence-corrected chi connectivity index (χ1v) is 6.91. The smallest absolute Gasteiger partial charge is 0.147 e. The Hall–Kier alpha value is -0.230. The Kier molecular flexibility index (Phi) is 4.52. The van der Waals surface area contributed by atoms with E-state index in [4.69, 9.17) is 15.2 Å². The maximum atomic E-state index is 5.69. The van der Waals surface area contributed by atoms with E-state index < -0.39 is 0 Å². The molecular formula is C11H14BrNO2S. The summed E-state index contributed by atoms with van der Waals surface area (Å²) in [5.41, 5.74) is 6.46. The normalized spacial score (nSPS) is 20.9. The molecule has 0 amide bonds. The highest BCUT2D eigenvalue weighted by Gasteiger charge is 2.14. The lowest BCUT2D eigenvalue weighted by Gasteiger charge is -2.22. The van der Waals surface area contributed by atoms with E-state index in [-0.39, 0.29) is 0 Å². The second kappa shape index (κ2) is 5.91. The van der Waals surface area contributed by atoms with Crippen LogP contribution in [-0.2, 0) is 9.47 Å². The Bertz CT molecular complexity index is 356. The van der Waals surface area contributed by atoms with E-state index in [2.05, 4.69) is 15.9 Å². The molecule has 2 rings (SSSR count). The van der Waals surface area contributed by atoms with Gasteiger partial charge in [0.2, 0.25) is 0 Å². The van der Waals surface area contributed by atoms with Crippen molar-refractivity contribution in [1.29, 1.82) is 0 Å². The van der Waals surface area contributed by atoms with E-state index in [9.17, 15) is 0 Å². The number of anilines is 1. The SMILES string of the molecule is Nc1ccc(SCC2CCOCO2)c(Br)c1. The summed E-state index contributed by atoms with van der Waals surface area (Å²) in [5, 5.41) is 0. The molecule has 0 radical (unpaired) electrons. The van der Waals surface area contributed by atoms with Gasteiger partial charge in [-0.05, 0) is 40.5 Å². The van der Waals surface area contributed by atoms with E-state index in [1.54, 1.807) is 11.8 Å². The molecule has 1 saturated heterocycles. The molecule has 1 atom stereocenters. The van der Waals surface area contributed by atoms with Crippen LogP contribution in [0.2, 0.25) is 0 Å². The zero-order valence-corrected chi connectivity index (χ0v) is 11.2. The van der Waals surface area contributed by atoms with Crippen LogP contribution >= 0.6 is 27.7 Å². The molecule has 1 aromatic rings. The molecule has 1 aromatic carbocycles. The molecule has 0 spiro atoms. The molecule has 16 heavy (non-hydrogen) atoms. The van der Waals surface area contributed by atoms with Crippen LogP contribution in [0.15, 0.2) is 27.6 Å². The van der Waals surface area contributed by atoms with Crippen molar-refractivity contribution in [3.05, 3.63) is 22.7 Å². The van der Waals surface area contributed by atoms with Gasteiger partial charge in [0.25, 0.3) is 0 Å². The van der Waals surface area contributed by atoms with Crippen molar-refractivity contribution in [2.75, 3.05) is 24.9 Å². The molecule has 1 fully saturated rings. The summed E-state index contributed by atoms with van der Waals surface area (Å²) in [6.45, 7) is 1.22. The molecular weight excluding hydrogens is 290 g/mol. The van der Waals surface area contributed by atoms with Crippen molar-refractivity contribution in [3.8, 4) is 0 Å². The molecule has 0 bridgehead atoms. The molecule has 5 heteroatoms. The monoisotopic (exact) mass is 303 g/mol. The molecule has 2 N–H and O–H groups in total. The van der Waals surface area contributed by atoms with Gasteiger partial charge in [0.05, 0.1) is 12.7 Å². The van der Waals surface area contributed by atoms with E-state index in [1.807, 2.05) is 18.2 Å². The Labute approximate surface area is 108 Å². The molecule has 88 valence electrons. The third-order valence-corrected chi connectivity index (χ3v) is 4.48. The standard InChI is InChI=1S/C11H14BrNO2S/c12-10-5-8(13)1-2-11(10)16-6-9-3-4-14-7-15-9/h1-2,5,9H,3-4,6-7,13H2. The van der Waals surface area contributed by atoms with Gasteiger partial charge in [-0.15, -0.1) is 11.8 Å². The lowest BCUT2D eigenvalue weighted by atomic mass is 10.3. The first kappa shape index (κ1) is 12.2. The number of nitrogens with two attached hydrogens (primary N) is 1. The van der Waals surface area contributed by atoms with Gasteiger partial charge in [0, 0.05) is 20.8 Å². The van der Waals surface area contributed by atoms with E-state index in [0.717, 1.165) is 28.9 Å². The predicted octanol–water partition coefficient (Wildman–Crippen LogP) is 2.89. The minimum absolute atomic E-state index is 0.295. The van der Waals surface area contributed by atoms with Crippen LogP contribution in [0, 0.1) is 0 Å². The third-order valence-electron chi connectivity index (χ3n) is 2.35. The van der Waals surface area contributed by atoms with Crippen molar-refractivity contribution < 1.29 is 9.47 Å². The summed E-state index contributed by atoms with van der Waals surface area (Å²) in [6.07, 6.45) is 1.27. The predicted molar refractivity (Wildman–Crippen MR) is 69.6 cm³/mol. The quantitative estimate of drug-likeness (QED) is 0.689. The van der Waals surface area contributed by atoms with Crippen molar-refractivity contribution >= 4 is 33.4 Å². The van der Waals surface area contributed by atoms with Crippen LogP contribution in [0.1, 0.15) is 6.42 Å². The van der Waals surface area contributed by atoms with Crippen molar-refractivity contribution in [2.45, 2.75) is 17.4 Å². The highest BCUT2D eigenvalue weighted by Crippen LogP contribution is 2.30. The average molecular weight is 304 g/mol. The second-order valence-corrected chi connectivity index (χ2v) is 5.52. The maximum absolute atomic E-state index is 5.69. The molecule has 0 aromatic heterocycles. The van der Waals surface area contributed by atoms with Crippen LogP contribution < -0.4 is 5.73 Å². The minimum atomic E-state index is 0.295. The van der Waals surface area contributed by atoms with Crippen LogP contribution in [-0.4, -0.2) is 25.3 Å². The number of thioether (sulfide) groups is 1. The highest BCUT2D eigenvalue weighted by molar-refractivity contribution is 9.10. The number of benzene rings is 1. The molecule has 1 aliphatic heterocycles. The van der Waals surface area contributed by atoms with E-state index in [1.165, 1.54) is 4.90 Å². The van der Waals surface area contributed by atoms with Crippen LogP contribution in [0.25, 0.3) is 0 Å². The summed E-state index contributed by atoms with van der Waals surface area (Å²) in [6, 6.07) is 5.87. The number of rotatable bonds is 3. The minimum Gasteiger partial charge on any atom is -0.399 e. The van der Waals surface area contributed by atoms with Crippen LogP contribution in [0.4, 0.5) is 5.69 Å². The second-order valence-electron chi connectivity index (χ2n) is 3.60. The third kappa shape index (κ3) is 3.38. The van der Waals surface area contributed by atoms with Gasteiger partial charge in [-0.1, -0.05) is 0 Å². The Morgan fingerprint density at radius 3 is 3.06 bits per heavy atom. The van der Waals surface area contributed by atoms with Crippen molar-refractivity contribution in [3.63, 3.8) is 0 Å². The van der Waals surface area contributed by atoms with E-state index >= 15 is 0 Å². The molecule has 1 unspecified atom stereocenters. The summed E-state index contributed by atoms with van der Waals surface area (Å²) >= 11 is 5.29. The van der Waals surface area contributed by atoms with E-state index in [0.29, 0.717) is 12.9 Å². The lowest BCUT2D eigenvalue weighted by molar-refractivity contribution is -0.130. The van der Waals surface area contributed by atoms with Gasteiger partial charge in [-0.3, -0.25) is 0 Å².